The number of benzene rings is 1. The lowest BCUT2D eigenvalue weighted by molar-refractivity contribution is 0.274. The van der Waals surface area contributed by atoms with Gasteiger partial charge in [0.15, 0.2) is 0 Å². The molecular formula is C17H23ClFN3O. The van der Waals surface area contributed by atoms with Crippen LogP contribution in [-0.4, -0.2) is 22.9 Å². The highest BCUT2D eigenvalue weighted by Gasteiger charge is 2.16. The minimum atomic E-state index is -0.361. The van der Waals surface area contributed by atoms with E-state index in [1.165, 1.54) is 6.07 Å². The molecule has 2 heterocycles. The minimum absolute atomic E-state index is 0.145. The summed E-state index contributed by atoms with van der Waals surface area (Å²) in [5, 5.41) is 8.12. The summed E-state index contributed by atoms with van der Waals surface area (Å²) < 4.78 is 21.1. The molecule has 2 aromatic rings. The molecule has 1 aromatic heterocycles. The van der Waals surface area contributed by atoms with Crippen molar-refractivity contribution in [2.75, 3.05) is 13.1 Å². The summed E-state index contributed by atoms with van der Waals surface area (Å²) in [6.45, 7) is 6.17. The lowest BCUT2D eigenvalue weighted by atomic mass is 10.1. The summed E-state index contributed by atoms with van der Waals surface area (Å²) in [6.07, 6.45) is 4.05. The molecule has 6 heteroatoms. The number of hydrogen-bond acceptors (Lipinski definition) is 3. The number of piperidine rings is 1. The Morgan fingerprint density at radius 2 is 2.04 bits per heavy atom. The number of aromatic nitrogens is 2. The summed E-state index contributed by atoms with van der Waals surface area (Å²) in [5.41, 5.74) is 0.468. The monoisotopic (exact) mass is 339 g/mol. The second kappa shape index (κ2) is 8.89. The molecule has 0 amide bonds. The lowest BCUT2D eigenvalue weighted by Gasteiger charge is -2.22. The van der Waals surface area contributed by atoms with Crippen molar-refractivity contribution in [3.8, 4) is 5.88 Å². The van der Waals surface area contributed by atoms with Crippen LogP contribution >= 0.6 is 11.6 Å². The number of nitrogens with zero attached hydrogens (tertiary/aromatic N) is 2. The molecule has 1 aliphatic heterocycles. The average Bonchev–Trinajstić information content (AvgIpc) is 3.06. The zero-order valence-corrected chi connectivity index (χ0v) is 14.3. The fraction of sp³-hybridized carbons (Fsp3) is 0.471. The van der Waals surface area contributed by atoms with Crippen LogP contribution in [0.2, 0.25) is 5.02 Å². The Morgan fingerprint density at radius 3 is 2.74 bits per heavy atom. The van der Waals surface area contributed by atoms with Gasteiger partial charge in [0.05, 0.1) is 6.04 Å². The van der Waals surface area contributed by atoms with Crippen LogP contribution < -0.4 is 10.1 Å². The van der Waals surface area contributed by atoms with Gasteiger partial charge in [0.25, 0.3) is 0 Å². The van der Waals surface area contributed by atoms with Crippen LogP contribution in [0.15, 0.2) is 30.5 Å². The third kappa shape index (κ3) is 4.94. The molecule has 1 saturated heterocycles. The Hall–Kier alpha value is -1.59. The zero-order chi connectivity index (χ0) is 16.7. The van der Waals surface area contributed by atoms with Crippen molar-refractivity contribution in [2.45, 2.75) is 39.3 Å². The Kier molecular flexibility index (Phi) is 6.86. The molecule has 0 spiro atoms. The maximum absolute atomic E-state index is 13.7. The first-order valence-electron chi connectivity index (χ1n) is 8.05. The Morgan fingerprint density at radius 1 is 1.30 bits per heavy atom. The molecular weight excluding hydrogens is 317 g/mol. The van der Waals surface area contributed by atoms with Crippen LogP contribution in [0.5, 0.6) is 5.88 Å². The molecule has 1 aliphatic rings. The summed E-state index contributed by atoms with van der Waals surface area (Å²) in [6, 6.07) is 6.79. The van der Waals surface area contributed by atoms with Crippen molar-refractivity contribution in [3.63, 3.8) is 0 Å². The maximum Gasteiger partial charge on any atom is 0.233 e. The van der Waals surface area contributed by atoms with E-state index in [4.69, 9.17) is 16.3 Å². The number of rotatable bonds is 4. The Labute approximate surface area is 141 Å². The normalized spacial score (nSPS) is 15.0. The molecule has 4 nitrogen and oxygen atoms in total. The van der Waals surface area contributed by atoms with Gasteiger partial charge in [-0.2, -0.15) is 0 Å². The first-order chi connectivity index (χ1) is 11.2. The molecule has 0 aliphatic carbocycles. The van der Waals surface area contributed by atoms with Gasteiger partial charge >= 0.3 is 0 Å². The van der Waals surface area contributed by atoms with Crippen molar-refractivity contribution in [1.82, 2.24) is 15.1 Å². The topological polar surface area (TPSA) is 39.1 Å². The smallest absolute Gasteiger partial charge is 0.233 e. The predicted molar refractivity (Wildman–Crippen MR) is 90.5 cm³/mol. The summed E-state index contributed by atoms with van der Waals surface area (Å²) >= 11 is 5.72. The standard InChI is InChI=1S/C15H17ClFN3O.C2H6/c16-12-2-1-11(14(17)9-12)10-21-15-5-8-20(19-15)13-3-6-18-7-4-13;1-2/h1-2,5,8-9,13,18H,3-4,6-7,10H2;1-2H3. The number of ether oxygens (including phenoxy) is 1. The van der Waals surface area contributed by atoms with Crippen molar-refractivity contribution < 1.29 is 9.13 Å². The van der Waals surface area contributed by atoms with E-state index in [-0.39, 0.29) is 12.4 Å². The first-order valence-corrected chi connectivity index (χ1v) is 8.43. The highest BCUT2D eigenvalue weighted by molar-refractivity contribution is 6.30. The first kappa shape index (κ1) is 17.8. The molecule has 0 unspecified atom stereocenters. The second-order valence-electron chi connectivity index (χ2n) is 5.14. The minimum Gasteiger partial charge on any atom is -0.472 e. The fourth-order valence-corrected chi connectivity index (χ4v) is 2.62. The molecule has 0 bridgehead atoms. The highest BCUT2D eigenvalue weighted by Crippen LogP contribution is 2.21. The molecule has 0 saturated carbocycles. The average molecular weight is 340 g/mol. The fourth-order valence-electron chi connectivity index (χ4n) is 2.46. The second-order valence-corrected chi connectivity index (χ2v) is 5.58. The van der Waals surface area contributed by atoms with E-state index < -0.39 is 0 Å². The van der Waals surface area contributed by atoms with Crippen LogP contribution in [0.25, 0.3) is 0 Å². The molecule has 0 atom stereocenters. The number of hydrogen-bond donors (Lipinski definition) is 1. The third-order valence-corrected chi connectivity index (χ3v) is 3.89. The van der Waals surface area contributed by atoms with E-state index in [1.807, 2.05) is 30.8 Å². The highest BCUT2D eigenvalue weighted by atomic mass is 35.5. The molecule has 1 aromatic carbocycles. The van der Waals surface area contributed by atoms with Gasteiger partial charge in [-0.15, -0.1) is 5.10 Å². The molecule has 1 N–H and O–H groups in total. The maximum atomic E-state index is 13.7. The van der Waals surface area contributed by atoms with Crippen molar-refractivity contribution >= 4 is 11.6 Å². The lowest BCUT2D eigenvalue weighted by Crippen LogP contribution is -2.29. The third-order valence-electron chi connectivity index (χ3n) is 3.66. The van der Waals surface area contributed by atoms with Crippen LogP contribution in [0.3, 0.4) is 0 Å². The van der Waals surface area contributed by atoms with Gasteiger partial charge in [-0.25, -0.2) is 4.39 Å². The van der Waals surface area contributed by atoms with Crippen molar-refractivity contribution in [3.05, 3.63) is 46.9 Å². The quantitative estimate of drug-likeness (QED) is 0.907. The largest absolute Gasteiger partial charge is 0.472 e. The van der Waals surface area contributed by atoms with Gasteiger partial charge in [0.1, 0.15) is 12.4 Å². The molecule has 0 radical (unpaired) electrons. The van der Waals surface area contributed by atoms with Gasteiger partial charge in [-0.1, -0.05) is 31.5 Å². The van der Waals surface area contributed by atoms with E-state index in [9.17, 15) is 4.39 Å². The van der Waals surface area contributed by atoms with Gasteiger partial charge in [-0.05, 0) is 38.1 Å². The number of nitrogens with one attached hydrogen (secondary N) is 1. The van der Waals surface area contributed by atoms with Crippen LogP contribution in [0.1, 0.15) is 38.3 Å². The van der Waals surface area contributed by atoms with Crippen LogP contribution in [-0.2, 0) is 6.61 Å². The van der Waals surface area contributed by atoms with E-state index in [0.717, 1.165) is 25.9 Å². The number of halogens is 2. The van der Waals surface area contributed by atoms with E-state index >= 15 is 0 Å². The Bertz CT molecular complexity index is 612. The SMILES string of the molecule is CC.Fc1cc(Cl)ccc1COc1ccn(C2CCNCC2)n1. The molecule has 126 valence electrons. The molecule has 3 rings (SSSR count). The van der Waals surface area contributed by atoms with E-state index in [0.29, 0.717) is 22.5 Å². The summed E-state index contributed by atoms with van der Waals surface area (Å²) in [4.78, 5) is 0. The zero-order valence-electron chi connectivity index (χ0n) is 13.6. The molecule has 23 heavy (non-hydrogen) atoms. The summed E-state index contributed by atoms with van der Waals surface area (Å²) in [5.74, 6) is 0.156. The summed E-state index contributed by atoms with van der Waals surface area (Å²) in [7, 11) is 0. The van der Waals surface area contributed by atoms with Crippen LogP contribution in [0, 0.1) is 5.82 Å². The van der Waals surface area contributed by atoms with Crippen LogP contribution in [0.4, 0.5) is 4.39 Å². The van der Waals surface area contributed by atoms with Crippen molar-refractivity contribution in [1.29, 1.82) is 0 Å². The van der Waals surface area contributed by atoms with Gasteiger partial charge < -0.3 is 10.1 Å². The van der Waals surface area contributed by atoms with Gasteiger partial charge in [0, 0.05) is 22.8 Å². The molecule has 1 fully saturated rings. The van der Waals surface area contributed by atoms with E-state index in [2.05, 4.69) is 10.4 Å². The van der Waals surface area contributed by atoms with Gasteiger partial charge in [-0.3, -0.25) is 4.68 Å². The van der Waals surface area contributed by atoms with Crippen molar-refractivity contribution in [2.24, 2.45) is 0 Å². The predicted octanol–water partition coefficient (Wildman–Crippen LogP) is 4.21. The Balaban J connectivity index is 0.000000924. The van der Waals surface area contributed by atoms with Gasteiger partial charge in [0.2, 0.25) is 5.88 Å². The van der Waals surface area contributed by atoms with E-state index in [1.54, 1.807) is 12.1 Å².